The smallest absolute Gasteiger partial charge is 0.264 e. The molecule has 1 aliphatic heterocycles. The number of carbonyl (C=O) groups excluding carboxylic acids is 3. The number of nitrogens with zero attached hydrogens (tertiary/aromatic N) is 2. The first-order valence-electron chi connectivity index (χ1n) is 11.1. The highest BCUT2D eigenvalue weighted by Crippen LogP contribution is 2.20. The van der Waals surface area contributed by atoms with Crippen LogP contribution in [0.25, 0.3) is 0 Å². The molecule has 1 N–H and O–H groups in total. The van der Waals surface area contributed by atoms with Crippen molar-refractivity contribution in [2.24, 2.45) is 0 Å². The summed E-state index contributed by atoms with van der Waals surface area (Å²) in [5.74, 6) is -1.49. The van der Waals surface area contributed by atoms with Crippen LogP contribution in [-0.4, -0.2) is 67.5 Å². The molecule has 0 unspecified atom stereocenters. The first-order valence-corrected chi connectivity index (χ1v) is 13.5. The second kappa shape index (κ2) is 10.4. The second-order valence-electron chi connectivity index (χ2n) is 8.12. The Morgan fingerprint density at radius 2 is 1.49 bits per heavy atom. The van der Waals surface area contributed by atoms with Crippen LogP contribution in [-0.2, 0) is 14.6 Å². The minimum absolute atomic E-state index is 0.0602. The number of hydrogen-bond donors (Lipinski definition) is 1. The van der Waals surface area contributed by atoms with E-state index in [1.54, 1.807) is 66.4 Å². The predicted octanol–water partition coefficient (Wildman–Crippen LogP) is 2.57. The summed E-state index contributed by atoms with van der Waals surface area (Å²) in [6.45, 7) is 2.61. The summed E-state index contributed by atoms with van der Waals surface area (Å²) in [7, 11) is -4.23. The van der Waals surface area contributed by atoms with Crippen molar-refractivity contribution in [1.29, 1.82) is 0 Å². The lowest BCUT2D eigenvalue weighted by atomic mass is 10.1. The van der Waals surface area contributed by atoms with E-state index in [0.29, 0.717) is 16.0 Å². The van der Waals surface area contributed by atoms with Gasteiger partial charge in [0.2, 0.25) is 15.2 Å². The van der Waals surface area contributed by atoms with Gasteiger partial charge in [0.25, 0.3) is 17.7 Å². The Balaban J connectivity index is 1.56. The maximum absolute atomic E-state index is 13.5. The maximum atomic E-state index is 13.5. The van der Waals surface area contributed by atoms with Crippen LogP contribution in [0.5, 0.6) is 0 Å². The van der Waals surface area contributed by atoms with Gasteiger partial charge >= 0.3 is 0 Å². The molecule has 3 aromatic rings. The largest absolute Gasteiger partial charge is 0.336 e. The molecule has 182 valence electrons. The van der Waals surface area contributed by atoms with Crippen molar-refractivity contribution in [1.82, 2.24) is 15.1 Å². The highest BCUT2D eigenvalue weighted by Gasteiger charge is 2.39. The van der Waals surface area contributed by atoms with Crippen molar-refractivity contribution >= 4 is 38.9 Å². The lowest BCUT2D eigenvalue weighted by molar-refractivity contribution is -0.132. The maximum Gasteiger partial charge on any atom is 0.264 e. The number of rotatable bonds is 6. The average molecular weight is 512 g/mol. The molecule has 35 heavy (non-hydrogen) atoms. The molecule has 2 heterocycles. The van der Waals surface area contributed by atoms with Gasteiger partial charge in [-0.2, -0.15) is 0 Å². The van der Waals surface area contributed by atoms with Gasteiger partial charge in [0, 0.05) is 31.7 Å². The highest BCUT2D eigenvalue weighted by molar-refractivity contribution is 7.92. The van der Waals surface area contributed by atoms with Gasteiger partial charge < -0.3 is 15.1 Å². The molecule has 2 aromatic carbocycles. The molecule has 0 saturated carbocycles. The predicted molar refractivity (Wildman–Crippen MR) is 133 cm³/mol. The number of carbonyl (C=O) groups is 3. The first kappa shape index (κ1) is 24.6. The fourth-order valence-corrected chi connectivity index (χ4v) is 6.07. The third-order valence-electron chi connectivity index (χ3n) is 5.87. The average Bonchev–Trinajstić information content (AvgIpc) is 3.42. The standard InChI is InChI=1S/C25H25N3O5S2/c1-18-8-5-6-11-20(18)22(29)26-23(35(32,33)19-9-3-2-4-10-19)25(31)28-15-13-27(14-16-28)24(30)21-12-7-17-34-21/h2-12,17,23H,13-16H2,1H3,(H,26,29)/t23-/m0/s1. The number of thiophene rings is 1. The van der Waals surface area contributed by atoms with Gasteiger partial charge in [-0.05, 0) is 42.1 Å². The molecule has 8 nitrogen and oxygen atoms in total. The van der Waals surface area contributed by atoms with E-state index in [2.05, 4.69) is 5.32 Å². The number of piperazine rings is 1. The molecule has 0 spiro atoms. The third-order valence-corrected chi connectivity index (χ3v) is 8.60. The second-order valence-corrected chi connectivity index (χ2v) is 11.1. The number of aryl methyl sites for hydroxylation is 1. The Hall–Kier alpha value is -3.50. The molecule has 1 fully saturated rings. The lowest BCUT2D eigenvalue weighted by Gasteiger charge is -2.36. The van der Waals surface area contributed by atoms with Crippen molar-refractivity contribution in [3.8, 4) is 0 Å². The molecule has 1 atom stereocenters. The fraction of sp³-hybridized carbons (Fsp3) is 0.240. The Kier molecular flexibility index (Phi) is 7.32. The van der Waals surface area contributed by atoms with E-state index >= 15 is 0 Å². The van der Waals surface area contributed by atoms with Crippen LogP contribution < -0.4 is 5.32 Å². The van der Waals surface area contributed by atoms with E-state index in [1.165, 1.54) is 28.4 Å². The SMILES string of the molecule is Cc1ccccc1C(=O)N[C@H](C(=O)N1CCN(C(=O)c2cccs2)CC1)S(=O)(=O)c1ccccc1. The molecule has 1 aromatic heterocycles. The molecular formula is C25H25N3O5S2. The van der Waals surface area contributed by atoms with Crippen LogP contribution in [0.3, 0.4) is 0 Å². The number of benzene rings is 2. The molecular weight excluding hydrogens is 486 g/mol. The van der Waals surface area contributed by atoms with Crippen molar-refractivity contribution in [3.63, 3.8) is 0 Å². The van der Waals surface area contributed by atoms with Crippen LogP contribution >= 0.6 is 11.3 Å². The van der Waals surface area contributed by atoms with Gasteiger partial charge in [0.15, 0.2) is 0 Å². The van der Waals surface area contributed by atoms with Gasteiger partial charge in [0.05, 0.1) is 9.77 Å². The first-order chi connectivity index (χ1) is 16.8. The zero-order valence-electron chi connectivity index (χ0n) is 19.1. The summed E-state index contributed by atoms with van der Waals surface area (Å²) in [5, 5.41) is 2.50. The third kappa shape index (κ3) is 5.28. The molecule has 4 rings (SSSR count). The number of nitrogens with one attached hydrogen (secondary N) is 1. The summed E-state index contributed by atoms with van der Waals surface area (Å²) >= 11 is 1.34. The molecule has 0 aliphatic carbocycles. The summed E-state index contributed by atoms with van der Waals surface area (Å²) in [6, 6.07) is 17.9. The summed E-state index contributed by atoms with van der Waals surface area (Å²) < 4.78 is 26.9. The van der Waals surface area contributed by atoms with E-state index in [9.17, 15) is 22.8 Å². The fourth-order valence-electron chi connectivity index (χ4n) is 3.89. The van der Waals surface area contributed by atoms with E-state index in [-0.39, 0.29) is 37.0 Å². The zero-order valence-corrected chi connectivity index (χ0v) is 20.7. The van der Waals surface area contributed by atoms with Gasteiger partial charge in [-0.3, -0.25) is 14.4 Å². The highest BCUT2D eigenvalue weighted by atomic mass is 32.2. The minimum Gasteiger partial charge on any atom is -0.336 e. The topological polar surface area (TPSA) is 104 Å². The zero-order chi connectivity index (χ0) is 25.0. The van der Waals surface area contributed by atoms with Crippen LogP contribution in [0.1, 0.15) is 25.6 Å². The Morgan fingerprint density at radius 3 is 2.11 bits per heavy atom. The molecule has 0 radical (unpaired) electrons. The Bertz CT molecular complexity index is 1320. The normalized spacial score (nSPS) is 14.9. The summed E-state index contributed by atoms with van der Waals surface area (Å²) in [6.07, 6.45) is 0. The van der Waals surface area contributed by atoms with Crippen LogP contribution in [0.15, 0.2) is 77.0 Å². The number of sulfone groups is 1. The quantitative estimate of drug-likeness (QED) is 0.548. The van der Waals surface area contributed by atoms with Gasteiger partial charge in [-0.15, -0.1) is 11.3 Å². The summed E-state index contributed by atoms with van der Waals surface area (Å²) in [4.78, 5) is 42.7. The van der Waals surface area contributed by atoms with Crippen molar-refractivity contribution in [3.05, 3.63) is 88.1 Å². The van der Waals surface area contributed by atoms with Crippen LogP contribution in [0.2, 0.25) is 0 Å². The van der Waals surface area contributed by atoms with E-state index in [1.807, 2.05) is 5.38 Å². The van der Waals surface area contributed by atoms with E-state index < -0.39 is 27.0 Å². The van der Waals surface area contributed by atoms with Crippen LogP contribution in [0.4, 0.5) is 0 Å². The van der Waals surface area contributed by atoms with Crippen LogP contribution in [0, 0.1) is 6.92 Å². The van der Waals surface area contributed by atoms with Crippen molar-refractivity contribution in [2.45, 2.75) is 17.2 Å². The Morgan fingerprint density at radius 1 is 0.857 bits per heavy atom. The van der Waals surface area contributed by atoms with Crippen molar-refractivity contribution in [2.75, 3.05) is 26.2 Å². The molecule has 10 heteroatoms. The molecule has 0 bridgehead atoms. The lowest BCUT2D eigenvalue weighted by Crippen LogP contribution is -2.57. The van der Waals surface area contributed by atoms with E-state index in [0.717, 1.165) is 0 Å². The van der Waals surface area contributed by atoms with Gasteiger partial charge in [-0.25, -0.2) is 8.42 Å². The number of amides is 3. The van der Waals surface area contributed by atoms with Gasteiger partial charge in [-0.1, -0.05) is 42.5 Å². The monoisotopic (exact) mass is 511 g/mol. The molecule has 1 saturated heterocycles. The Labute approximate surface area is 208 Å². The van der Waals surface area contributed by atoms with Gasteiger partial charge in [0.1, 0.15) is 0 Å². The number of hydrogen-bond acceptors (Lipinski definition) is 6. The molecule has 1 aliphatic rings. The van der Waals surface area contributed by atoms with Crippen molar-refractivity contribution < 1.29 is 22.8 Å². The molecule has 3 amide bonds. The summed E-state index contributed by atoms with van der Waals surface area (Å²) in [5.41, 5.74) is 0.953. The van der Waals surface area contributed by atoms with E-state index in [4.69, 9.17) is 0 Å². The minimum atomic E-state index is -4.23.